The number of ether oxygens (including phenoxy) is 1. The van der Waals surface area contributed by atoms with Gasteiger partial charge in [-0.25, -0.2) is 0 Å². The SMILES string of the molecule is CCOC(=O)CNC(=O)C(=O)c1ccccc1Nc1ccc([N+](=O)[O-])cc1[N+](=O)[O-]. The van der Waals surface area contributed by atoms with Crippen molar-refractivity contribution in [1.29, 1.82) is 0 Å². The van der Waals surface area contributed by atoms with Crippen LogP contribution in [0.3, 0.4) is 0 Å². The number of Topliss-reactive ketones (excluding diaryl/α,β-unsaturated/α-hetero) is 1. The van der Waals surface area contributed by atoms with Gasteiger partial charge in [-0.05, 0) is 25.1 Å². The van der Waals surface area contributed by atoms with Crippen LogP contribution in [-0.4, -0.2) is 40.7 Å². The molecule has 0 bridgehead atoms. The van der Waals surface area contributed by atoms with Gasteiger partial charge in [0.05, 0.1) is 33.8 Å². The van der Waals surface area contributed by atoms with E-state index in [9.17, 15) is 34.6 Å². The lowest BCUT2D eigenvalue weighted by Gasteiger charge is -2.11. The minimum atomic E-state index is -1.07. The Bertz CT molecular complexity index is 1020. The summed E-state index contributed by atoms with van der Waals surface area (Å²) in [7, 11) is 0. The highest BCUT2D eigenvalue weighted by atomic mass is 16.6. The summed E-state index contributed by atoms with van der Waals surface area (Å²) in [6.45, 7) is 1.20. The van der Waals surface area contributed by atoms with Crippen molar-refractivity contribution in [2.75, 3.05) is 18.5 Å². The summed E-state index contributed by atoms with van der Waals surface area (Å²) in [6, 6.07) is 8.67. The fourth-order valence-corrected chi connectivity index (χ4v) is 2.39. The number of nitro groups is 2. The first-order valence-corrected chi connectivity index (χ1v) is 8.51. The Morgan fingerprint density at radius 3 is 2.33 bits per heavy atom. The number of amides is 1. The molecular weight excluding hydrogens is 400 g/mol. The highest BCUT2D eigenvalue weighted by molar-refractivity contribution is 6.44. The average Bonchev–Trinajstić information content (AvgIpc) is 2.72. The van der Waals surface area contributed by atoms with Crippen molar-refractivity contribution in [3.63, 3.8) is 0 Å². The Kier molecular flexibility index (Phi) is 7.11. The van der Waals surface area contributed by atoms with Crippen molar-refractivity contribution < 1.29 is 29.0 Å². The number of anilines is 2. The molecule has 2 aromatic carbocycles. The van der Waals surface area contributed by atoms with Crippen LogP contribution in [0.4, 0.5) is 22.7 Å². The van der Waals surface area contributed by atoms with E-state index in [2.05, 4.69) is 15.4 Å². The summed E-state index contributed by atoms with van der Waals surface area (Å²) in [6.07, 6.45) is 0. The molecule has 1 amide bonds. The van der Waals surface area contributed by atoms with Gasteiger partial charge in [-0.1, -0.05) is 12.1 Å². The largest absolute Gasteiger partial charge is 0.465 e. The second-order valence-electron chi connectivity index (χ2n) is 5.70. The molecule has 0 unspecified atom stereocenters. The second-order valence-corrected chi connectivity index (χ2v) is 5.70. The summed E-state index contributed by atoms with van der Waals surface area (Å²) < 4.78 is 4.65. The molecule has 12 nitrogen and oxygen atoms in total. The smallest absolute Gasteiger partial charge is 0.325 e. The Labute approximate surface area is 169 Å². The topological polar surface area (TPSA) is 171 Å². The normalized spacial score (nSPS) is 10.0. The number of rotatable bonds is 9. The van der Waals surface area contributed by atoms with Gasteiger partial charge in [0.25, 0.3) is 23.1 Å². The average molecular weight is 416 g/mol. The van der Waals surface area contributed by atoms with Gasteiger partial charge in [-0.3, -0.25) is 34.6 Å². The van der Waals surface area contributed by atoms with Gasteiger partial charge in [0, 0.05) is 6.07 Å². The molecule has 2 aromatic rings. The van der Waals surface area contributed by atoms with E-state index >= 15 is 0 Å². The van der Waals surface area contributed by atoms with E-state index in [1.165, 1.54) is 24.3 Å². The lowest BCUT2D eigenvalue weighted by Crippen LogP contribution is -2.36. The van der Waals surface area contributed by atoms with Crippen molar-refractivity contribution >= 4 is 40.4 Å². The first kappa shape index (κ1) is 21.9. The van der Waals surface area contributed by atoms with Crippen LogP contribution >= 0.6 is 0 Å². The van der Waals surface area contributed by atoms with E-state index in [1.807, 2.05) is 0 Å². The van der Waals surface area contributed by atoms with Gasteiger partial charge in [0.15, 0.2) is 0 Å². The van der Waals surface area contributed by atoms with Crippen LogP contribution < -0.4 is 10.6 Å². The van der Waals surface area contributed by atoms with Gasteiger partial charge in [0.1, 0.15) is 12.2 Å². The van der Waals surface area contributed by atoms with E-state index in [0.717, 1.165) is 18.2 Å². The fourth-order valence-electron chi connectivity index (χ4n) is 2.39. The molecule has 2 rings (SSSR count). The summed E-state index contributed by atoms with van der Waals surface area (Å²) in [5.74, 6) is -2.78. The number of nitrogens with zero attached hydrogens (tertiary/aromatic N) is 2. The molecule has 0 fully saturated rings. The van der Waals surface area contributed by atoms with Crippen LogP contribution in [-0.2, 0) is 14.3 Å². The van der Waals surface area contributed by atoms with Crippen molar-refractivity contribution in [3.05, 3.63) is 68.3 Å². The minimum Gasteiger partial charge on any atom is -0.465 e. The highest BCUT2D eigenvalue weighted by Gasteiger charge is 2.23. The molecule has 156 valence electrons. The number of carbonyl (C=O) groups excluding carboxylic acids is 3. The van der Waals surface area contributed by atoms with Gasteiger partial charge < -0.3 is 15.4 Å². The lowest BCUT2D eigenvalue weighted by molar-refractivity contribution is -0.393. The number of nitro benzene ring substituents is 2. The van der Waals surface area contributed by atoms with Crippen LogP contribution in [0.25, 0.3) is 0 Å². The maximum atomic E-state index is 12.5. The predicted molar refractivity (Wildman–Crippen MR) is 103 cm³/mol. The fraction of sp³-hybridized carbons (Fsp3) is 0.167. The molecule has 0 saturated heterocycles. The molecule has 30 heavy (non-hydrogen) atoms. The van der Waals surface area contributed by atoms with Crippen molar-refractivity contribution in [2.45, 2.75) is 6.92 Å². The van der Waals surface area contributed by atoms with Gasteiger partial charge in [0.2, 0.25) is 0 Å². The molecule has 0 aromatic heterocycles. The molecular formula is C18H16N4O8. The maximum Gasteiger partial charge on any atom is 0.325 e. The molecule has 0 heterocycles. The summed E-state index contributed by atoms with van der Waals surface area (Å²) >= 11 is 0. The number of non-ortho nitro benzene ring substituents is 1. The quantitative estimate of drug-likeness (QED) is 0.204. The zero-order chi connectivity index (χ0) is 22.3. The summed E-state index contributed by atoms with van der Waals surface area (Å²) in [5.41, 5.74) is -1.23. The Morgan fingerprint density at radius 1 is 1.00 bits per heavy atom. The molecule has 0 aliphatic rings. The molecule has 0 radical (unpaired) electrons. The number of carbonyl (C=O) groups is 3. The zero-order valence-corrected chi connectivity index (χ0v) is 15.6. The van der Waals surface area contributed by atoms with E-state index in [1.54, 1.807) is 6.92 Å². The van der Waals surface area contributed by atoms with Crippen molar-refractivity contribution in [3.8, 4) is 0 Å². The van der Waals surface area contributed by atoms with Crippen molar-refractivity contribution in [2.24, 2.45) is 0 Å². The number of para-hydroxylation sites is 1. The van der Waals surface area contributed by atoms with E-state index in [4.69, 9.17) is 0 Å². The highest BCUT2D eigenvalue weighted by Crippen LogP contribution is 2.32. The first-order chi connectivity index (χ1) is 14.2. The predicted octanol–water partition coefficient (Wildman–Crippen LogP) is 2.11. The zero-order valence-electron chi connectivity index (χ0n) is 15.6. The van der Waals surface area contributed by atoms with Crippen LogP contribution in [0.5, 0.6) is 0 Å². The van der Waals surface area contributed by atoms with Crippen LogP contribution in [0.15, 0.2) is 42.5 Å². The number of nitrogens with one attached hydrogen (secondary N) is 2. The molecule has 0 saturated carbocycles. The van der Waals surface area contributed by atoms with E-state index in [-0.39, 0.29) is 23.5 Å². The summed E-state index contributed by atoms with van der Waals surface area (Å²) in [4.78, 5) is 56.4. The molecule has 0 aliphatic heterocycles. The maximum absolute atomic E-state index is 12.5. The third-order valence-corrected chi connectivity index (χ3v) is 3.73. The lowest BCUT2D eigenvalue weighted by atomic mass is 10.1. The monoisotopic (exact) mass is 416 g/mol. The third-order valence-electron chi connectivity index (χ3n) is 3.73. The standard InChI is InChI=1S/C18H16N4O8/c1-2-30-16(23)10-19-18(25)17(24)12-5-3-4-6-13(12)20-14-8-7-11(21(26)27)9-15(14)22(28)29/h3-9,20H,2,10H2,1H3,(H,19,25). The Balaban J connectivity index is 2.28. The summed E-state index contributed by atoms with van der Waals surface area (Å²) in [5, 5.41) is 26.9. The molecule has 0 spiro atoms. The minimum absolute atomic E-state index is 0.0609. The third kappa shape index (κ3) is 5.34. The van der Waals surface area contributed by atoms with Crippen LogP contribution in [0, 0.1) is 20.2 Å². The number of esters is 1. The first-order valence-electron chi connectivity index (χ1n) is 8.51. The Hall–Kier alpha value is -4.35. The number of benzene rings is 2. The van der Waals surface area contributed by atoms with Crippen molar-refractivity contribution in [1.82, 2.24) is 5.32 Å². The number of ketones is 1. The molecule has 0 aliphatic carbocycles. The van der Waals surface area contributed by atoms with E-state index < -0.39 is 45.4 Å². The van der Waals surface area contributed by atoms with Gasteiger partial charge >= 0.3 is 5.97 Å². The number of hydrogen-bond acceptors (Lipinski definition) is 9. The molecule has 2 N–H and O–H groups in total. The van der Waals surface area contributed by atoms with Crippen LogP contribution in [0.2, 0.25) is 0 Å². The van der Waals surface area contributed by atoms with Gasteiger partial charge in [-0.2, -0.15) is 0 Å². The van der Waals surface area contributed by atoms with Gasteiger partial charge in [-0.15, -0.1) is 0 Å². The van der Waals surface area contributed by atoms with Crippen LogP contribution in [0.1, 0.15) is 17.3 Å². The number of hydrogen-bond donors (Lipinski definition) is 2. The van der Waals surface area contributed by atoms with E-state index in [0.29, 0.717) is 0 Å². The molecule has 12 heteroatoms. The molecule has 0 atom stereocenters. The Morgan fingerprint density at radius 2 is 1.70 bits per heavy atom. The second kappa shape index (κ2) is 9.73.